The maximum Gasteiger partial charge on any atom is 0.253 e. The van der Waals surface area contributed by atoms with Crippen molar-refractivity contribution in [1.29, 1.82) is 0 Å². The molecule has 1 fully saturated rings. The summed E-state index contributed by atoms with van der Waals surface area (Å²) in [6, 6.07) is 7.50. The van der Waals surface area contributed by atoms with Crippen LogP contribution in [0.1, 0.15) is 34.9 Å². The van der Waals surface area contributed by atoms with E-state index in [0.29, 0.717) is 23.9 Å². The highest BCUT2D eigenvalue weighted by Gasteiger charge is 2.27. The second-order valence-electron chi connectivity index (χ2n) is 6.40. The zero-order valence-electron chi connectivity index (χ0n) is 14.1. The molecule has 1 aromatic carbocycles. The molecule has 1 saturated heterocycles. The standard InChI is InChI=1S/C18H20N6O/c1-23-10-8-19-17(23)15-3-2-9-24(11-15)18(25)14-6-4-13(5-7-14)16-20-12-21-22-16/h4-8,10,12,15H,2-3,9,11H2,1H3,(H,20,21,22)/t15-/m0/s1. The van der Waals surface area contributed by atoms with E-state index in [1.165, 1.54) is 6.33 Å². The van der Waals surface area contributed by atoms with Crippen molar-refractivity contribution in [2.45, 2.75) is 18.8 Å². The molecular formula is C18H20N6O. The molecule has 2 aromatic heterocycles. The van der Waals surface area contributed by atoms with Gasteiger partial charge in [-0.15, -0.1) is 0 Å². The number of benzene rings is 1. The summed E-state index contributed by atoms with van der Waals surface area (Å²) >= 11 is 0. The first kappa shape index (κ1) is 15.6. The van der Waals surface area contributed by atoms with Gasteiger partial charge in [0.25, 0.3) is 5.91 Å². The van der Waals surface area contributed by atoms with Crippen LogP contribution < -0.4 is 0 Å². The minimum Gasteiger partial charge on any atom is -0.338 e. The van der Waals surface area contributed by atoms with Gasteiger partial charge in [-0.05, 0) is 25.0 Å². The summed E-state index contributed by atoms with van der Waals surface area (Å²) in [5.74, 6) is 2.12. The van der Waals surface area contributed by atoms with E-state index in [-0.39, 0.29) is 5.91 Å². The first-order valence-corrected chi connectivity index (χ1v) is 8.44. The Balaban J connectivity index is 1.49. The fourth-order valence-corrected chi connectivity index (χ4v) is 3.44. The molecule has 7 heteroatoms. The molecule has 1 aliphatic heterocycles. The first-order valence-electron chi connectivity index (χ1n) is 8.44. The van der Waals surface area contributed by atoms with Crippen LogP contribution in [-0.4, -0.2) is 48.6 Å². The van der Waals surface area contributed by atoms with Crippen LogP contribution >= 0.6 is 0 Å². The summed E-state index contributed by atoms with van der Waals surface area (Å²) in [7, 11) is 2.01. The Kier molecular flexibility index (Phi) is 4.05. The van der Waals surface area contributed by atoms with Crippen molar-refractivity contribution in [3.8, 4) is 11.4 Å². The molecule has 1 amide bonds. The monoisotopic (exact) mass is 336 g/mol. The highest BCUT2D eigenvalue weighted by Crippen LogP contribution is 2.26. The van der Waals surface area contributed by atoms with E-state index in [2.05, 4.69) is 20.2 Å². The Bertz CT molecular complexity index is 852. The molecular weight excluding hydrogens is 316 g/mol. The minimum atomic E-state index is 0.0722. The Morgan fingerprint density at radius 3 is 2.76 bits per heavy atom. The number of likely N-dealkylation sites (tertiary alicyclic amines) is 1. The number of carbonyl (C=O) groups is 1. The van der Waals surface area contributed by atoms with Crippen LogP contribution in [0.2, 0.25) is 0 Å². The number of nitrogens with zero attached hydrogens (tertiary/aromatic N) is 5. The van der Waals surface area contributed by atoms with Crippen molar-refractivity contribution in [1.82, 2.24) is 29.6 Å². The number of carbonyl (C=O) groups excluding carboxylic acids is 1. The second kappa shape index (κ2) is 6.51. The zero-order valence-corrected chi connectivity index (χ0v) is 14.1. The van der Waals surface area contributed by atoms with Crippen molar-refractivity contribution >= 4 is 5.91 Å². The molecule has 7 nitrogen and oxygen atoms in total. The van der Waals surface area contributed by atoms with E-state index >= 15 is 0 Å². The van der Waals surface area contributed by atoms with E-state index in [0.717, 1.165) is 30.8 Å². The van der Waals surface area contributed by atoms with Crippen LogP contribution in [0.25, 0.3) is 11.4 Å². The van der Waals surface area contributed by atoms with E-state index in [1.54, 1.807) is 0 Å². The summed E-state index contributed by atoms with van der Waals surface area (Å²) in [6.07, 6.45) is 7.31. The third-order valence-corrected chi connectivity index (χ3v) is 4.75. The van der Waals surface area contributed by atoms with Gasteiger partial charge in [-0.25, -0.2) is 9.97 Å². The summed E-state index contributed by atoms with van der Waals surface area (Å²) in [4.78, 5) is 23.4. The van der Waals surface area contributed by atoms with Gasteiger partial charge in [-0.3, -0.25) is 9.89 Å². The summed E-state index contributed by atoms with van der Waals surface area (Å²) in [5.41, 5.74) is 1.61. The van der Waals surface area contributed by atoms with Crippen molar-refractivity contribution in [2.75, 3.05) is 13.1 Å². The topological polar surface area (TPSA) is 79.7 Å². The predicted molar refractivity (Wildman–Crippen MR) is 92.9 cm³/mol. The van der Waals surface area contributed by atoms with Crippen LogP contribution in [0, 0.1) is 0 Å². The van der Waals surface area contributed by atoms with Crippen molar-refractivity contribution in [2.24, 2.45) is 7.05 Å². The molecule has 1 aliphatic rings. The molecule has 0 spiro atoms. The van der Waals surface area contributed by atoms with E-state index in [1.807, 2.05) is 53.2 Å². The summed E-state index contributed by atoms with van der Waals surface area (Å²) in [6.45, 7) is 1.51. The number of hydrogen-bond donors (Lipinski definition) is 1. The quantitative estimate of drug-likeness (QED) is 0.795. The van der Waals surface area contributed by atoms with Crippen molar-refractivity contribution < 1.29 is 4.79 Å². The van der Waals surface area contributed by atoms with E-state index < -0.39 is 0 Å². The molecule has 3 heterocycles. The zero-order chi connectivity index (χ0) is 17.2. The van der Waals surface area contributed by atoms with Gasteiger partial charge in [0.1, 0.15) is 12.2 Å². The molecule has 1 atom stereocenters. The Morgan fingerprint density at radius 2 is 2.08 bits per heavy atom. The number of aromatic nitrogens is 5. The number of rotatable bonds is 3. The molecule has 128 valence electrons. The van der Waals surface area contributed by atoms with Gasteiger partial charge in [0.2, 0.25) is 0 Å². The van der Waals surface area contributed by atoms with Crippen molar-refractivity contribution in [3.63, 3.8) is 0 Å². The number of imidazole rings is 1. The molecule has 1 N–H and O–H groups in total. The Labute approximate surface area is 145 Å². The van der Waals surface area contributed by atoms with Gasteiger partial charge < -0.3 is 9.47 Å². The molecule has 0 radical (unpaired) electrons. The van der Waals surface area contributed by atoms with E-state index in [9.17, 15) is 4.79 Å². The summed E-state index contributed by atoms with van der Waals surface area (Å²) in [5, 5.41) is 6.68. The van der Waals surface area contributed by atoms with Crippen LogP contribution in [0.4, 0.5) is 0 Å². The van der Waals surface area contributed by atoms with Gasteiger partial charge in [0, 0.05) is 49.6 Å². The van der Waals surface area contributed by atoms with Gasteiger partial charge in [-0.2, -0.15) is 5.10 Å². The highest BCUT2D eigenvalue weighted by molar-refractivity contribution is 5.94. The third kappa shape index (κ3) is 3.05. The maximum absolute atomic E-state index is 12.9. The van der Waals surface area contributed by atoms with Gasteiger partial charge in [0.15, 0.2) is 5.82 Å². The minimum absolute atomic E-state index is 0.0722. The normalized spacial score (nSPS) is 17.6. The molecule has 25 heavy (non-hydrogen) atoms. The third-order valence-electron chi connectivity index (χ3n) is 4.75. The molecule has 0 saturated carbocycles. The largest absolute Gasteiger partial charge is 0.338 e. The SMILES string of the molecule is Cn1ccnc1[C@H]1CCCN(C(=O)c2ccc(-c3ncn[nH]3)cc2)C1. The molecule has 0 aliphatic carbocycles. The highest BCUT2D eigenvalue weighted by atomic mass is 16.2. The smallest absolute Gasteiger partial charge is 0.253 e. The lowest BCUT2D eigenvalue weighted by molar-refractivity contribution is 0.0703. The lowest BCUT2D eigenvalue weighted by atomic mass is 9.96. The number of aromatic amines is 1. The fraction of sp³-hybridized carbons (Fsp3) is 0.333. The van der Waals surface area contributed by atoms with Gasteiger partial charge >= 0.3 is 0 Å². The van der Waals surface area contributed by atoms with E-state index in [4.69, 9.17) is 0 Å². The number of amides is 1. The van der Waals surface area contributed by atoms with Gasteiger partial charge in [0.05, 0.1) is 0 Å². The molecule has 0 unspecified atom stereocenters. The molecule has 0 bridgehead atoms. The Morgan fingerprint density at radius 1 is 1.24 bits per heavy atom. The molecule has 3 aromatic rings. The number of hydrogen-bond acceptors (Lipinski definition) is 4. The average Bonchev–Trinajstić information content (AvgIpc) is 3.33. The lowest BCUT2D eigenvalue weighted by Gasteiger charge is -2.32. The molecule has 4 rings (SSSR count). The predicted octanol–water partition coefficient (Wildman–Crippen LogP) is 2.22. The fourth-order valence-electron chi connectivity index (χ4n) is 3.44. The second-order valence-corrected chi connectivity index (χ2v) is 6.40. The maximum atomic E-state index is 12.9. The summed E-state index contributed by atoms with van der Waals surface area (Å²) < 4.78 is 2.05. The lowest BCUT2D eigenvalue weighted by Crippen LogP contribution is -2.39. The van der Waals surface area contributed by atoms with Crippen LogP contribution in [0.15, 0.2) is 43.0 Å². The van der Waals surface area contributed by atoms with Crippen LogP contribution in [0.5, 0.6) is 0 Å². The number of aryl methyl sites for hydroxylation is 1. The first-order chi connectivity index (χ1) is 12.2. The average molecular weight is 336 g/mol. The number of H-pyrrole nitrogens is 1. The number of piperidine rings is 1. The van der Waals surface area contributed by atoms with Gasteiger partial charge in [-0.1, -0.05) is 12.1 Å². The van der Waals surface area contributed by atoms with Crippen LogP contribution in [-0.2, 0) is 7.05 Å². The number of nitrogens with one attached hydrogen (secondary N) is 1. The Hall–Kier alpha value is -2.96. The van der Waals surface area contributed by atoms with Crippen molar-refractivity contribution in [3.05, 3.63) is 54.4 Å². The van der Waals surface area contributed by atoms with Crippen LogP contribution in [0.3, 0.4) is 0 Å².